The first-order valence-corrected chi connectivity index (χ1v) is 9.40. The van der Waals surface area contributed by atoms with Gasteiger partial charge in [-0.1, -0.05) is 41.9 Å². The van der Waals surface area contributed by atoms with Crippen LogP contribution in [-0.2, 0) is 20.7 Å². The molecular formula is C21H23N3O5. The molecule has 3 aromatic rings. The molecule has 0 aliphatic rings. The third-order valence-corrected chi connectivity index (χ3v) is 4.25. The van der Waals surface area contributed by atoms with Crippen LogP contribution in [-0.4, -0.2) is 28.1 Å². The molecule has 0 spiro atoms. The van der Waals surface area contributed by atoms with Gasteiger partial charge in [-0.25, -0.2) is 4.98 Å². The highest BCUT2D eigenvalue weighted by molar-refractivity contribution is 5.94. The summed E-state index contributed by atoms with van der Waals surface area (Å²) in [4.78, 5) is 28.6. The topological polar surface area (TPSA) is 107 Å². The molecular weight excluding hydrogens is 374 g/mol. The lowest BCUT2D eigenvalue weighted by Crippen LogP contribution is -2.32. The van der Waals surface area contributed by atoms with E-state index in [0.29, 0.717) is 23.8 Å². The minimum absolute atomic E-state index is 0.0562. The number of anilines is 1. The molecule has 0 aliphatic heterocycles. The lowest BCUT2D eigenvalue weighted by Gasteiger charge is -2.14. The summed E-state index contributed by atoms with van der Waals surface area (Å²) >= 11 is 0. The zero-order valence-corrected chi connectivity index (χ0v) is 16.6. The van der Waals surface area contributed by atoms with E-state index in [0.717, 1.165) is 11.1 Å². The normalized spacial score (nSPS) is 11.8. The van der Waals surface area contributed by atoms with Crippen molar-refractivity contribution < 1.29 is 23.3 Å². The Kier molecular flexibility index (Phi) is 6.43. The monoisotopic (exact) mass is 397 g/mol. The van der Waals surface area contributed by atoms with Crippen LogP contribution in [0.2, 0.25) is 0 Å². The Morgan fingerprint density at radius 3 is 2.62 bits per heavy atom. The van der Waals surface area contributed by atoms with E-state index in [2.05, 4.69) is 15.5 Å². The van der Waals surface area contributed by atoms with Crippen molar-refractivity contribution in [2.45, 2.75) is 46.1 Å². The van der Waals surface area contributed by atoms with Gasteiger partial charge < -0.3 is 19.0 Å². The van der Waals surface area contributed by atoms with E-state index in [4.69, 9.17) is 13.7 Å². The highest BCUT2D eigenvalue weighted by atomic mass is 16.5. The Morgan fingerprint density at radius 1 is 1.21 bits per heavy atom. The number of amides is 1. The fourth-order valence-electron chi connectivity index (χ4n) is 2.66. The molecule has 0 saturated carbocycles. The summed E-state index contributed by atoms with van der Waals surface area (Å²) in [5, 5.41) is 6.26. The third-order valence-electron chi connectivity index (χ3n) is 4.25. The number of hydrogen-bond acceptors (Lipinski definition) is 7. The Bertz CT molecular complexity index is 974. The summed E-state index contributed by atoms with van der Waals surface area (Å²) in [7, 11) is 0. The van der Waals surface area contributed by atoms with Crippen LogP contribution < -0.4 is 5.32 Å². The van der Waals surface area contributed by atoms with Gasteiger partial charge in [0.05, 0.1) is 12.6 Å². The molecule has 1 unspecified atom stereocenters. The molecule has 0 bridgehead atoms. The minimum atomic E-state index is -0.910. The highest BCUT2D eigenvalue weighted by Crippen LogP contribution is 2.21. The molecule has 1 amide bonds. The highest BCUT2D eigenvalue weighted by Gasteiger charge is 2.22. The first kappa shape index (κ1) is 20.3. The van der Waals surface area contributed by atoms with E-state index in [1.54, 1.807) is 26.1 Å². The van der Waals surface area contributed by atoms with E-state index in [9.17, 15) is 9.59 Å². The summed E-state index contributed by atoms with van der Waals surface area (Å²) in [5.74, 6) is 0.979. The smallest absolute Gasteiger partial charge is 0.307 e. The van der Waals surface area contributed by atoms with Gasteiger partial charge in [0.2, 0.25) is 0 Å². The van der Waals surface area contributed by atoms with Crippen molar-refractivity contribution in [2.75, 3.05) is 5.32 Å². The molecule has 3 rings (SSSR count). The molecule has 29 heavy (non-hydrogen) atoms. The first-order valence-electron chi connectivity index (χ1n) is 9.40. The molecule has 1 N–H and O–H groups in total. The van der Waals surface area contributed by atoms with Crippen LogP contribution in [0.3, 0.4) is 0 Å². The Labute approximate surface area is 168 Å². The van der Waals surface area contributed by atoms with Crippen molar-refractivity contribution >= 4 is 17.7 Å². The van der Waals surface area contributed by atoms with Crippen molar-refractivity contribution in [2.24, 2.45) is 0 Å². The zero-order valence-electron chi connectivity index (χ0n) is 16.6. The fourth-order valence-corrected chi connectivity index (χ4v) is 2.66. The summed E-state index contributed by atoms with van der Waals surface area (Å²) in [6.07, 6.45) is 1.40. The SMILES string of the molecule is CCC(OC(=O)CCc1ncc(-c2ccc(C)cc2)o1)C(=O)Nc1cc(C)on1. The van der Waals surface area contributed by atoms with Gasteiger partial charge in [-0.05, 0) is 20.3 Å². The minimum Gasteiger partial charge on any atom is -0.452 e. The van der Waals surface area contributed by atoms with E-state index < -0.39 is 18.0 Å². The number of oxazole rings is 1. The Balaban J connectivity index is 1.50. The number of rotatable bonds is 8. The molecule has 8 nitrogen and oxygen atoms in total. The van der Waals surface area contributed by atoms with Gasteiger partial charge >= 0.3 is 5.97 Å². The summed E-state index contributed by atoms with van der Waals surface area (Å²) in [5.41, 5.74) is 2.08. The Morgan fingerprint density at radius 2 is 1.97 bits per heavy atom. The van der Waals surface area contributed by atoms with Crippen molar-refractivity contribution in [1.29, 1.82) is 0 Å². The first-order chi connectivity index (χ1) is 13.9. The number of carbonyl (C=O) groups excluding carboxylic acids is 2. The second-order valence-corrected chi connectivity index (χ2v) is 6.68. The van der Waals surface area contributed by atoms with Crippen LogP contribution in [0.1, 0.15) is 37.0 Å². The number of ether oxygens (including phenoxy) is 1. The average Bonchev–Trinajstić information content (AvgIpc) is 3.34. The second-order valence-electron chi connectivity index (χ2n) is 6.68. The number of aryl methyl sites for hydroxylation is 3. The summed E-state index contributed by atoms with van der Waals surface area (Å²) in [6, 6.07) is 9.47. The number of aromatic nitrogens is 2. The molecule has 2 heterocycles. The van der Waals surface area contributed by atoms with Gasteiger partial charge in [0.1, 0.15) is 5.76 Å². The number of esters is 1. The molecule has 0 fully saturated rings. The number of nitrogens with zero attached hydrogens (tertiary/aromatic N) is 2. The molecule has 1 aromatic carbocycles. The van der Waals surface area contributed by atoms with Crippen LogP contribution in [0.4, 0.5) is 5.82 Å². The van der Waals surface area contributed by atoms with Crippen LogP contribution in [0.5, 0.6) is 0 Å². The zero-order chi connectivity index (χ0) is 20.8. The van der Waals surface area contributed by atoms with E-state index in [1.807, 2.05) is 31.2 Å². The molecule has 0 saturated heterocycles. The van der Waals surface area contributed by atoms with Gasteiger partial charge in [0, 0.05) is 18.1 Å². The van der Waals surface area contributed by atoms with Crippen LogP contribution in [0.15, 0.2) is 45.5 Å². The van der Waals surface area contributed by atoms with Crippen LogP contribution in [0, 0.1) is 13.8 Å². The number of carbonyl (C=O) groups is 2. The van der Waals surface area contributed by atoms with Gasteiger partial charge in [-0.2, -0.15) is 0 Å². The van der Waals surface area contributed by atoms with Gasteiger partial charge in [0.15, 0.2) is 23.6 Å². The van der Waals surface area contributed by atoms with Crippen LogP contribution >= 0.6 is 0 Å². The predicted molar refractivity (Wildman–Crippen MR) is 105 cm³/mol. The molecule has 0 radical (unpaired) electrons. The largest absolute Gasteiger partial charge is 0.452 e. The second kappa shape index (κ2) is 9.18. The number of hydrogen-bond donors (Lipinski definition) is 1. The molecule has 0 aliphatic carbocycles. The van der Waals surface area contributed by atoms with Crippen LogP contribution in [0.25, 0.3) is 11.3 Å². The fraction of sp³-hybridized carbons (Fsp3) is 0.333. The van der Waals surface area contributed by atoms with Crippen molar-refractivity contribution in [3.05, 3.63) is 53.7 Å². The maximum Gasteiger partial charge on any atom is 0.307 e. The van der Waals surface area contributed by atoms with E-state index in [1.165, 1.54) is 0 Å². The maximum atomic E-state index is 12.2. The van der Waals surface area contributed by atoms with Crippen molar-refractivity contribution in [1.82, 2.24) is 10.1 Å². The van der Waals surface area contributed by atoms with Gasteiger partial charge in [-0.15, -0.1) is 0 Å². The maximum absolute atomic E-state index is 12.2. The van der Waals surface area contributed by atoms with E-state index >= 15 is 0 Å². The van der Waals surface area contributed by atoms with Crippen molar-refractivity contribution in [3.63, 3.8) is 0 Å². The number of benzene rings is 1. The number of nitrogens with one attached hydrogen (secondary N) is 1. The summed E-state index contributed by atoms with van der Waals surface area (Å²) in [6.45, 7) is 5.48. The van der Waals surface area contributed by atoms with Crippen molar-refractivity contribution in [3.8, 4) is 11.3 Å². The predicted octanol–water partition coefficient (Wildman–Crippen LogP) is 3.84. The van der Waals surface area contributed by atoms with Gasteiger partial charge in [0.25, 0.3) is 5.91 Å². The lowest BCUT2D eigenvalue weighted by atomic mass is 10.1. The summed E-state index contributed by atoms with van der Waals surface area (Å²) < 4.78 is 15.9. The molecule has 1 atom stereocenters. The molecule has 8 heteroatoms. The molecule has 2 aromatic heterocycles. The standard InChI is InChI=1S/C21H23N3O5/c1-4-16(21(26)23-18-11-14(3)29-24-18)28-20(25)10-9-19-22-12-17(27-19)15-7-5-13(2)6-8-15/h5-8,11-12,16H,4,9-10H2,1-3H3,(H,23,24,26). The Hall–Kier alpha value is -3.42. The third kappa shape index (κ3) is 5.54. The van der Waals surface area contributed by atoms with E-state index in [-0.39, 0.29) is 18.7 Å². The van der Waals surface area contributed by atoms with Gasteiger partial charge in [-0.3, -0.25) is 9.59 Å². The quantitative estimate of drug-likeness (QED) is 0.575. The molecule has 152 valence electrons. The average molecular weight is 397 g/mol. The lowest BCUT2D eigenvalue weighted by molar-refractivity contribution is -0.154.